The Bertz CT molecular complexity index is 540. The average Bonchev–Trinajstić information content (AvgIpc) is 2.79. The fourth-order valence-electron chi connectivity index (χ4n) is 2.07. The van der Waals surface area contributed by atoms with Crippen molar-refractivity contribution in [3.63, 3.8) is 0 Å². The van der Waals surface area contributed by atoms with E-state index in [1.165, 1.54) is 0 Å². The van der Waals surface area contributed by atoms with Crippen LogP contribution in [0.15, 0.2) is 30.5 Å². The van der Waals surface area contributed by atoms with Gasteiger partial charge in [-0.25, -0.2) is 4.98 Å². The fourth-order valence-corrected chi connectivity index (χ4v) is 2.19. The van der Waals surface area contributed by atoms with Crippen molar-refractivity contribution < 1.29 is 4.74 Å². The summed E-state index contributed by atoms with van der Waals surface area (Å²) in [5.41, 5.74) is 7.71. The fraction of sp³-hybridized carbons (Fsp3) is 0.308. The van der Waals surface area contributed by atoms with Crippen molar-refractivity contribution in [2.75, 3.05) is 19.8 Å². The van der Waals surface area contributed by atoms with Crippen molar-refractivity contribution in [1.82, 2.24) is 9.97 Å². The highest BCUT2D eigenvalue weighted by Crippen LogP contribution is 2.30. The maximum absolute atomic E-state index is 5.87. The van der Waals surface area contributed by atoms with Gasteiger partial charge in [0.2, 0.25) is 0 Å². The lowest BCUT2D eigenvalue weighted by Gasteiger charge is -2.38. The third-order valence-corrected chi connectivity index (χ3v) is 3.63. The number of nitrogens with two attached hydrogens (primary N) is 1. The van der Waals surface area contributed by atoms with Gasteiger partial charge in [-0.3, -0.25) is 0 Å². The second-order valence-electron chi connectivity index (χ2n) is 4.63. The lowest BCUT2D eigenvalue weighted by Crippen LogP contribution is -2.52. The molecule has 0 spiro atoms. The molecule has 0 amide bonds. The zero-order valence-corrected chi connectivity index (χ0v) is 10.6. The molecule has 2 heterocycles. The molecular formula is C13H14ClN3O. The van der Waals surface area contributed by atoms with Gasteiger partial charge in [-0.2, -0.15) is 0 Å². The molecule has 1 fully saturated rings. The SMILES string of the molecule is NCC1(c2ncc(-c3ccc(Cl)cc3)[nH]2)COC1. The van der Waals surface area contributed by atoms with Gasteiger partial charge >= 0.3 is 0 Å². The smallest absolute Gasteiger partial charge is 0.118 e. The molecule has 0 bridgehead atoms. The molecule has 4 nitrogen and oxygen atoms in total. The van der Waals surface area contributed by atoms with Crippen LogP contribution in [0.1, 0.15) is 5.82 Å². The number of nitrogens with one attached hydrogen (secondary N) is 1. The number of halogens is 1. The minimum atomic E-state index is -0.134. The van der Waals surface area contributed by atoms with E-state index in [1.54, 1.807) is 0 Å². The number of H-pyrrole nitrogens is 1. The van der Waals surface area contributed by atoms with E-state index in [4.69, 9.17) is 22.1 Å². The molecule has 5 heteroatoms. The van der Waals surface area contributed by atoms with E-state index in [0.29, 0.717) is 19.8 Å². The minimum Gasteiger partial charge on any atom is -0.379 e. The number of rotatable bonds is 3. The molecule has 1 aromatic carbocycles. The number of imidazole rings is 1. The standard InChI is InChI=1S/C13H14ClN3O/c14-10-3-1-9(2-4-10)11-5-16-12(17-11)13(6-15)7-18-8-13/h1-5H,6-8,15H2,(H,16,17). The summed E-state index contributed by atoms with van der Waals surface area (Å²) in [6.07, 6.45) is 1.83. The van der Waals surface area contributed by atoms with Crippen molar-refractivity contribution in [2.45, 2.75) is 5.41 Å². The van der Waals surface area contributed by atoms with Gasteiger partial charge in [0.15, 0.2) is 0 Å². The van der Waals surface area contributed by atoms with Crippen molar-refractivity contribution in [3.05, 3.63) is 41.3 Å². The van der Waals surface area contributed by atoms with E-state index in [9.17, 15) is 0 Å². The monoisotopic (exact) mass is 263 g/mol. The van der Waals surface area contributed by atoms with Gasteiger partial charge in [0, 0.05) is 11.6 Å². The lowest BCUT2D eigenvalue weighted by molar-refractivity contribution is -0.0589. The first-order chi connectivity index (χ1) is 8.73. The summed E-state index contributed by atoms with van der Waals surface area (Å²) >= 11 is 5.87. The quantitative estimate of drug-likeness (QED) is 0.890. The van der Waals surface area contributed by atoms with Gasteiger partial charge in [0.1, 0.15) is 5.82 Å². The first-order valence-electron chi connectivity index (χ1n) is 5.83. The Morgan fingerprint density at radius 2 is 2.06 bits per heavy atom. The molecule has 1 aromatic heterocycles. The van der Waals surface area contributed by atoms with Gasteiger partial charge in [0.25, 0.3) is 0 Å². The van der Waals surface area contributed by atoms with Crippen molar-refractivity contribution in [2.24, 2.45) is 5.73 Å². The number of aromatic nitrogens is 2. The summed E-state index contributed by atoms with van der Waals surface area (Å²) < 4.78 is 5.26. The molecule has 0 saturated carbocycles. The largest absolute Gasteiger partial charge is 0.379 e. The first kappa shape index (κ1) is 11.7. The van der Waals surface area contributed by atoms with Crippen LogP contribution in [-0.4, -0.2) is 29.7 Å². The summed E-state index contributed by atoms with van der Waals surface area (Å²) in [4.78, 5) is 7.76. The summed E-state index contributed by atoms with van der Waals surface area (Å²) in [6.45, 7) is 1.81. The van der Waals surface area contributed by atoms with Crippen molar-refractivity contribution in [1.29, 1.82) is 0 Å². The van der Waals surface area contributed by atoms with Crippen LogP contribution >= 0.6 is 11.6 Å². The number of nitrogens with zero attached hydrogens (tertiary/aromatic N) is 1. The molecular weight excluding hydrogens is 250 g/mol. The molecule has 0 aliphatic carbocycles. The van der Waals surface area contributed by atoms with Gasteiger partial charge < -0.3 is 15.5 Å². The maximum Gasteiger partial charge on any atom is 0.118 e. The summed E-state index contributed by atoms with van der Waals surface area (Å²) in [5, 5.41) is 0.726. The van der Waals surface area contributed by atoms with Crippen LogP contribution in [0.25, 0.3) is 11.3 Å². The lowest BCUT2D eigenvalue weighted by atomic mass is 9.85. The molecule has 0 radical (unpaired) electrons. The van der Waals surface area contributed by atoms with Crippen LogP contribution in [0.3, 0.4) is 0 Å². The second kappa shape index (κ2) is 4.39. The van der Waals surface area contributed by atoms with Crippen molar-refractivity contribution in [3.8, 4) is 11.3 Å². The summed E-state index contributed by atoms with van der Waals surface area (Å²) in [6, 6.07) is 7.66. The van der Waals surface area contributed by atoms with Gasteiger partial charge in [-0.15, -0.1) is 0 Å². The average molecular weight is 264 g/mol. The predicted octanol–water partition coefficient (Wildman–Crippen LogP) is 1.96. The first-order valence-corrected chi connectivity index (χ1v) is 6.21. The highest BCUT2D eigenvalue weighted by atomic mass is 35.5. The summed E-state index contributed by atoms with van der Waals surface area (Å²) in [7, 11) is 0. The normalized spacial score (nSPS) is 17.4. The third kappa shape index (κ3) is 1.82. The summed E-state index contributed by atoms with van der Waals surface area (Å²) in [5.74, 6) is 0.904. The Labute approximate surface area is 110 Å². The maximum atomic E-state index is 5.87. The molecule has 1 aliphatic rings. The number of hydrogen-bond acceptors (Lipinski definition) is 3. The van der Waals surface area contributed by atoms with Gasteiger partial charge in [0.05, 0.1) is 30.5 Å². The van der Waals surface area contributed by atoms with Crippen LogP contribution in [0, 0.1) is 0 Å². The molecule has 3 N–H and O–H groups in total. The van der Waals surface area contributed by atoms with Crippen molar-refractivity contribution >= 4 is 11.6 Å². The molecule has 3 rings (SSSR count). The molecule has 1 aliphatic heterocycles. The highest BCUT2D eigenvalue weighted by Gasteiger charge is 2.41. The Morgan fingerprint density at radius 3 is 2.61 bits per heavy atom. The predicted molar refractivity (Wildman–Crippen MR) is 70.6 cm³/mol. The van der Waals surface area contributed by atoms with E-state index in [-0.39, 0.29) is 5.41 Å². The van der Waals surface area contributed by atoms with Crippen LogP contribution in [-0.2, 0) is 10.2 Å². The van der Waals surface area contributed by atoms with Crippen LogP contribution in [0.5, 0.6) is 0 Å². The Morgan fingerprint density at radius 1 is 1.33 bits per heavy atom. The van der Waals surface area contributed by atoms with Crippen LogP contribution in [0.4, 0.5) is 0 Å². The Kier molecular flexibility index (Phi) is 2.86. The van der Waals surface area contributed by atoms with E-state index >= 15 is 0 Å². The van der Waals surface area contributed by atoms with Gasteiger partial charge in [-0.05, 0) is 17.7 Å². The van der Waals surface area contributed by atoms with E-state index in [2.05, 4.69) is 9.97 Å². The number of hydrogen-bond donors (Lipinski definition) is 2. The third-order valence-electron chi connectivity index (χ3n) is 3.38. The van der Waals surface area contributed by atoms with Gasteiger partial charge in [-0.1, -0.05) is 23.7 Å². The molecule has 2 aromatic rings. The minimum absolute atomic E-state index is 0.134. The van der Waals surface area contributed by atoms with E-state index in [0.717, 1.165) is 22.1 Å². The van der Waals surface area contributed by atoms with Crippen LogP contribution < -0.4 is 5.73 Å². The molecule has 94 valence electrons. The number of benzene rings is 1. The highest BCUT2D eigenvalue weighted by molar-refractivity contribution is 6.30. The number of ether oxygens (including phenoxy) is 1. The Balaban J connectivity index is 1.91. The molecule has 0 unspecified atom stereocenters. The zero-order chi connectivity index (χ0) is 12.6. The van der Waals surface area contributed by atoms with E-state index < -0.39 is 0 Å². The second-order valence-corrected chi connectivity index (χ2v) is 5.07. The Hall–Kier alpha value is -1.36. The van der Waals surface area contributed by atoms with E-state index in [1.807, 2.05) is 30.5 Å². The molecule has 18 heavy (non-hydrogen) atoms. The molecule has 0 atom stereocenters. The van der Waals surface area contributed by atoms with Crippen LogP contribution in [0.2, 0.25) is 5.02 Å². The number of aromatic amines is 1. The zero-order valence-electron chi connectivity index (χ0n) is 9.82. The topological polar surface area (TPSA) is 63.9 Å². The molecule has 1 saturated heterocycles.